The molecule has 1 aliphatic heterocycles. The third-order valence-electron chi connectivity index (χ3n) is 5.38. The second kappa shape index (κ2) is 9.08. The predicted molar refractivity (Wildman–Crippen MR) is 122 cm³/mol. The summed E-state index contributed by atoms with van der Waals surface area (Å²) < 4.78 is 27.7. The molecule has 0 N–H and O–H groups in total. The van der Waals surface area contributed by atoms with Gasteiger partial charge in [-0.05, 0) is 29.3 Å². The Morgan fingerprint density at radius 1 is 0.733 bits per heavy atom. The monoisotopic (exact) mass is 460 g/mol. The number of piperazine rings is 1. The van der Waals surface area contributed by atoms with Gasteiger partial charge in [0, 0.05) is 31.2 Å². The number of rotatable bonds is 5. The Morgan fingerprint density at radius 3 is 1.77 bits per heavy atom. The van der Waals surface area contributed by atoms with Gasteiger partial charge in [-0.2, -0.15) is 4.31 Å². The van der Waals surface area contributed by atoms with Gasteiger partial charge in [0.05, 0.1) is 11.1 Å². The highest BCUT2D eigenvalue weighted by atomic mass is 35.5. The van der Waals surface area contributed by atoms with Crippen molar-refractivity contribution in [2.45, 2.75) is 10.9 Å². The van der Waals surface area contributed by atoms with Crippen molar-refractivity contribution >= 4 is 33.2 Å². The second-order valence-corrected chi connectivity index (χ2v) is 9.99. The molecule has 4 nitrogen and oxygen atoms in total. The largest absolute Gasteiger partial charge is 0.290 e. The van der Waals surface area contributed by atoms with E-state index in [2.05, 4.69) is 29.2 Å². The van der Waals surface area contributed by atoms with E-state index in [-0.39, 0.29) is 16.0 Å². The van der Waals surface area contributed by atoms with Gasteiger partial charge in [-0.3, -0.25) is 4.90 Å². The van der Waals surface area contributed by atoms with Crippen LogP contribution in [-0.2, 0) is 10.0 Å². The van der Waals surface area contributed by atoms with Gasteiger partial charge in [-0.25, -0.2) is 8.42 Å². The average Bonchev–Trinajstić information content (AvgIpc) is 2.76. The van der Waals surface area contributed by atoms with Crippen molar-refractivity contribution < 1.29 is 8.42 Å². The Balaban J connectivity index is 1.56. The van der Waals surface area contributed by atoms with Gasteiger partial charge < -0.3 is 0 Å². The number of hydrogen-bond donors (Lipinski definition) is 0. The summed E-state index contributed by atoms with van der Waals surface area (Å²) in [4.78, 5) is 2.44. The highest BCUT2D eigenvalue weighted by Gasteiger charge is 2.33. The van der Waals surface area contributed by atoms with Crippen molar-refractivity contribution in [3.05, 3.63) is 100 Å². The van der Waals surface area contributed by atoms with Gasteiger partial charge in [0.2, 0.25) is 10.0 Å². The van der Waals surface area contributed by atoms with E-state index in [0.717, 1.165) is 0 Å². The standard InChI is InChI=1S/C23H22Cl2N2O2S/c24-20-11-12-22(21(25)17-20)30(28,29)27-15-13-26(14-16-27)23(18-7-3-1-4-8-18)19-9-5-2-6-10-19/h1-12,17,23H,13-16H2. The molecule has 3 aromatic rings. The molecule has 0 bridgehead atoms. The van der Waals surface area contributed by atoms with Gasteiger partial charge in [0.15, 0.2) is 0 Å². The lowest BCUT2D eigenvalue weighted by Gasteiger charge is -2.39. The number of hydrogen-bond acceptors (Lipinski definition) is 3. The van der Waals surface area contributed by atoms with E-state index >= 15 is 0 Å². The SMILES string of the molecule is O=S(=O)(c1ccc(Cl)cc1Cl)N1CCN(C(c2ccccc2)c2ccccc2)CC1. The zero-order valence-electron chi connectivity index (χ0n) is 16.3. The zero-order chi connectivity index (χ0) is 21.1. The maximum Gasteiger partial charge on any atom is 0.244 e. The number of benzene rings is 3. The molecule has 7 heteroatoms. The molecule has 3 aromatic carbocycles. The first-order valence-electron chi connectivity index (χ1n) is 9.76. The summed E-state index contributed by atoms with van der Waals surface area (Å²) >= 11 is 12.1. The zero-order valence-corrected chi connectivity index (χ0v) is 18.6. The van der Waals surface area contributed by atoms with Crippen LogP contribution in [0.5, 0.6) is 0 Å². The Labute approximate surface area is 187 Å². The van der Waals surface area contributed by atoms with Gasteiger partial charge in [0.25, 0.3) is 0 Å². The normalized spacial score (nSPS) is 16.1. The van der Waals surface area contributed by atoms with E-state index < -0.39 is 10.0 Å². The summed E-state index contributed by atoms with van der Waals surface area (Å²) in [5.74, 6) is 0. The van der Waals surface area contributed by atoms with E-state index in [9.17, 15) is 8.42 Å². The molecule has 4 rings (SSSR count). The molecule has 30 heavy (non-hydrogen) atoms. The maximum absolute atomic E-state index is 13.1. The van der Waals surface area contributed by atoms with Crippen LogP contribution < -0.4 is 0 Å². The number of nitrogens with zero attached hydrogens (tertiary/aromatic N) is 2. The van der Waals surface area contributed by atoms with Crippen LogP contribution in [0.25, 0.3) is 0 Å². The molecule has 0 saturated carbocycles. The Bertz CT molecular complexity index is 1060. The molecule has 0 unspecified atom stereocenters. The third kappa shape index (κ3) is 4.41. The molecule has 0 radical (unpaired) electrons. The summed E-state index contributed by atoms with van der Waals surface area (Å²) in [6.45, 7) is 2.05. The van der Waals surface area contributed by atoms with Crippen molar-refractivity contribution in [1.29, 1.82) is 0 Å². The van der Waals surface area contributed by atoms with Crippen LogP contribution in [0.1, 0.15) is 17.2 Å². The minimum Gasteiger partial charge on any atom is -0.290 e. The molecular formula is C23H22Cl2N2O2S. The minimum absolute atomic E-state index is 0.0800. The van der Waals surface area contributed by atoms with Crippen LogP contribution in [0.3, 0.4) is 0 Å². The number of sulfonamides is 1. The molecule has 0 aliphatic carbocycles. The van der Waals surface area contributed by atoms with Crippen LogP contribution in [0.15, 0.2) is 83.8 Å². The average molecular weight is 461 g/mol. The summed E-state index contributed by atoms with van der Waals surface area (Å²) in [6.07, 6.45) is 0. The van der Waals surface area contributed by atoms with Gasteiger partial charge in [0.1, 0.15) is 4.90 Å². The van der Waals surface area contributed by atoms with Gasteiger partial charge in [-0.1, -0.05) is 83.9 Å². The van der Waals surface area contributed by atoms with Crippen molar-refractivity contribution in [3.63, 3.8) is 0 Å². The van der Waals surface area contributed by atoms with Crippen molar-refractivity contribution in [3.8, 4) is 0 Å². The first-order chi connectivity index (χ1) is 14.5. The molecule has 0 atom stereocenters. The fourth-order valence-corrected chi connectivity index (χ4v) is 6.08. The molecule has 0 aromatic heterocycles. The Kier molecular flexibility index (Phi) is 6.46. The van der Waals surface area contributed by atoms with Crippen LogP contribution in [0, 0.1) is 0 Å². The Morgan fingerprint density at radius 2 is 1.27 bits per heavy atom. The minimum atomic E-state index is -3.67. The van der Waals surface area contributed by atoms with Gasteiger partial charge in [-0.15, -0.1) is 0 Å². The lowest BCUT2D eigenvalue weighted by molar-refractivity contribution is 0.156. The molecule has 1 heterocycles. The van der Waals surface area contributed by atoms with E-state index in [1.165, 1.54) is 27.6 Å². The molecule has 0 amide bonds. The van der Waals surface area contributed by atoms with E-state index in [4.69, 9.17) is 23.2 Å². The maximum atomic E-state index is 13.1. The van der Waals surface area contributed by atoms with Crippen molar-refractivity contribution in [2.24, 2.45) is 0 Å². The highest BCUT2D eigenvalue weighted by Crippen LogP contribution is 2.32. The molecule has 0 spiro atoms. The van der Waals surface area contributed by atoms with Crippen LogP contribution in [-0.4, -0.2) is 43.8 Å². The third-order valence-corrected chi connectivity index (χ3v) is 8.00. The lowest BCUT2D eigenvalue weighted by Crippen LogP contribution is -2.49. The van der Waals surface area contributed by atoms with Gasteiger partial charge >= 0.3 is 0 Å². The van der Waals surface area contributed by atoms with E-state index in [0.29, 0.717) is 31.2 Å². The van der Waals surface area contributed by atoms with Crippen LogP contribution in [0.4, 0.5) is 0 Å². The fourth-order valence-electron chi connectivity index (χ4n) is 3.91. The van der Waals surface area contributed by atoms with E-state index in [1.807, 2.05) is 36.4 Å². The molecule has 1 saturated heterocycles. The molecule has 156 valence electrons. The quantitative estimate of drug-likeness (QED) is 0.532. The smallest absolute Gasteiger partial charge is 0.244 e. The molecule has 1 fully saturated rings. The summed E-state index contributed by atoms with van der Waals surface area (Å²) in [5, 5.41) is 0.564. The number of halogens is 2. The first kappa shape index (κ1) is 21.3. The summed E-state index contributed by atoms with van der Waals surface area (Å²) in [7, 11) is -3.67. The fraction of sp³-hybridized carbons (Fsp3) is 0.217. The van der Waals surface area contributed by atoms with Crippen LogP contribution in [0.2, 0.25) is 10.0 Å². The highest BCUT2D eigenvalue weighted by molar-refractivity contribution is 7.89. The van der Waals surface area contributed by atoms with Crippen molar-refractivity contribution in [1.82, 2.24) is 9.21 Å². The second-order valence-electron chi connectivity index (χ2n) is 7.24. The summed E-state index contributed by atoms with van der Waals surface area (Å²) in [5.41, 5.74) is 2.39. The molecular weight excluding hydrogens is 439 g/mol. The van der Waals surface area contributed by atoms with Crippen LogP contribution >= 0.6 is 23.2 Å². The Hall–Kier alpha value is -1.89. The first-order valence-corrected chi connectivity index (χ1v) is 12.0. The van der Waals surface area contributed by atoms with Crippen molar-refractivity contribution in [2.75, 3.05) is 26.2 Å². The topological polar surface area (TPSA) is 40.6 Å². The van der Waals surface area contributed by atoms with E-state index in [1.54, 1.807) is 6.07 Å². The lowest BCUT2D eigenvalue weighted by atomic mass is 9.96. The predicted octanol–water partition coefficient (Wildman–Crippen LogP) is 5.09. The summed E-state index contributed by atoms with van der Waals surface area (Å²) in [6, 6.07) is 25.2. The molecule has 1 aliphatic rings.